The fraction of sp³-hybridized carbons (Fsp3) is 0.286. The van der Waals surface area contributed by atoms with E-state index in [1.165, 1.54) is 0 Å². The standard InChI is InChI=1S/C21H24N6O2/c1-14-12-19(26-25-14)16-4-3-5-18(23-16)21(28)24-17-7-6-15(13-20(17)29-2)27-10-8-22-9-11-27/h3-7,12-13,22H,8-11H2,1-2H3,(H,24,28)(H,25,26). The first-order valence-electron chi connectivity index (χ1n) is 9.58. The van der Waals surface area contributed by atoms with Gasteiger partial charge in [-0.25, -0.2) is 4.98 Å². The van der Waals surface area contributed by atoms with E-state index in [0.29, 0.717) is 22.8 Å². The van der Waals surface area contributed by atoms with E-state index in [4.69, 9.17) is 4.74 Å². The predicted molar refractivity (Wildman–Crippen MR) is 113 cm³/mol. The first-order valence-corrected chi connectivity index (χ1v) is 9.58. The first kappa shape index (κ1) is 18.9. The lowest BCUT2D eigenvalue weighted by molar-refractivity contribution is 0.102. The number of carbonyl (C=O) groups excluding carboxylic acids is 1. The normalized spacial score (nSPS) is 13.9. The zero-order valence-electron chi connectivity index (χ0n) is 16.5. The minimum absolute atomic E-state index is 0.295. The highest BCUT2D eigenvalue weighted by Gasteiger charge is 2.16. The van der Waals surface area contributed by atoms with Crippen LogP contribution >= 0.6 is 0 Å². The number of aryl methyl sites for hydroxylation is 1. The molecule has 3 N–H and O–H groups in total. The van der Waals surface area contributed by atoms with Gasteiger partial charge in [0.25, 0.3) is 5.91 Å². The molecule has 150 valence electrons. The molecule has 0 saturated carbocycles. The molecule has 3 heterocycles. The molecule has 2 aromatic heterocycles. The second kappa shape index (κ2) is 8.32. The maximum Gasteiger partial charge on any atom is 0.274 e. The number of hydrogen-bond donors (Lipinski definition) is 3. The number of amides is 1. The van der Waals surface area contributed by atoms with Crippen molar-refractivity contribution in [3.63, 3.8) is 0 Å². The molecule has 3 aromatic rings. The van der Waals surface area contributed by atoms with Crippen molar-refractivity contribution in [1.29, 1.82) is 0 Å². The van der Waals surface area contributed by atoms with Crippen molar-refractivity contribution in [2.45, 2.75) is 6.92 Å². The maximum absolute atomic E-state index is 12.8. The summed E-state index contributed by atoms with van der Waals surface area (Å²) >= 11 is 0. The Morgan fingerprint density at radius 1 is 1.17 bits per heavy atom. The van der Waals surface area contributed by atoms with Crippen molar-refractivity contribution in [3.05, 3.63) is 53.9 Å². The molecule has 1 fully saturated rings. The van der Waals surface area contributed by atoms with Gasteiger partial charge in [0.1, 0.15) is 11.4 Å². The number of carbonyl (C=O) groups is 1. The third-order valence-corrected chi connectivity index (χ3v) is 4.88. The van der Waals surface area contributed by atoms with Gasteiger partial charge in [-0.3, -0.25) is 9.89 Å². The Labute approximate surface area is 169 Å². The summed E-state index contributed by atoms with van der Waals surface area (Å²) in [6.07, 6.45) is 0. The quantitative estimate of drug-likeness (QED) is 0.617. The summed E-state index contributed by atoms with van der Waals surface area (Å²) in [6.45, 7) is 5.70. The van der Waals surface area contributed by atoms with Crippen LogP contribution in [0.15, 0.2) is 42.5 Å². The molecule has 1 amide bonds. The fourth-order valence-electron chi connectivity index (χ4n) is 3.35. The van der Waals surface area contributed by atoms with E-state index in [2.05, 4.69) is 30.7 Å². The van der Waals surface area contributed by atoms with E-state index in [1.807, 2.05) is 37.3 Å². The largest absolute Gasteiger partial charge is 0.494 e. The second-order valence-electron chi connectivity index (χ2n) is 6.91. The number of methoxy groups -OCH3 is 1. The van der Waals surface area contributed by atoms with Crippen LogP contribution in [0, 0.1) is 6.92 Å². The summed E-state index contributed by atoms with van der Waals surface area (Å²) in [4.78, 5) is 19.5. The fourth-order valence-corrected chi connectivity index (χ4v) is 3.35. The number of piperazine rings is 1. The number of aromatic nitrogens is 3. The van der Waals surface area contributed by atoms with Gasteiger partial charge < -0.3 is 20.3 Å². The van der Waals surface area contributed by atoms with Crippen LogP contribution in [-0.2, 0) is 0 Å². The van der Waals surface area contributed by atoms with Crippen molar-refractivity contribution in [2.75, 3.05) is 43.5 Å². The number of pyridine rings is 1. The molecule has 0 bridgehead atoms. The molecule has 4 rings (SSSR count). The molecular formula is C21H24N6O2. The topological polar surface area (TPSA) is 95.2 Å². The minimum atomic E-state index is -0.295. The van der Waals surface area contributed by atoms with Gasteiger partial charge in [-0.2, -0.15) is 5.10 Å². The first-order chi connectivity index (χ1) is 14.1. The Hall–Kier alpha value is -3.39. The van der Waals surface area contributed by atoms with Crippen LogP contribution in [0.4, 0.5) is 11.4 Å². The van der Waals surface area contributed by atoms with Crippen LogP contribution in [0.25, 0.3) is 11.4 Å². The summed E-state index contributed by atoms with van der Waals surface area (Å²) in [5.41, 5.74) is 4.32. The summed E-state index contributed by atoms with van der Waals surface area (Å²) in [7, 11) is 1.60. The van der Waals surface area contributed by atoms with E-state index >= 15 is 0 Å². The van der Waals surface area contributed by atoms with Gasteiger partial charge in [0.15, 0.2) is 0 Å². The SMILES string of the molecule is COc1cc(N2CCNCC2)ccc1NC(=O)c1cccc(-c2cc(C)n[nH]2)n1. The average molecular weight is 392 g/mol. The Kier molecular flexibility index (Phi) is 5.44. The van der Waals surface area contributed by atoms with E-state index in [0.717, 1.165) is 43.3 Å². The molecule has 1 aliphatic rings. The molecule has 0 radical (unpaired) electrons. The average Bonchev–Trinajstić information content (AvgIpc) is 3.21. The highest BCUT2D eigenvalue weighted by molar-refractivity contribution is 6.04. The number of aromatic amines is 1. The molecular weight excluding hydrogens is 368 g/mol. The van der Waals surface area contributed by atoms with Crippen LogP contribution in [0.2, 0.25) is 0 Å². The number of rotatable bonds is 5. The monoisotopic (exact) mass is 392 g/mol. The van der Waals surface area contributed by atoms with E-state index in [1.54, 1.807) is 19.2 Å². The van der Waals surface area contributed by atoms with Crippen molar-refractivity contribution in [3.8, 4) is 17.1 Å². The smallest absolute Gasteiger partial charge is 0.274 e. The third-order valence-electron chi connectivity index (χ3n) is 4.88. The van der Waals surface area contributed by atoms with Crippen molar-refractivity contribution in [2.24, 2.45) is 0 Å². The zero-order chi connectivity index (χ0) is 20.2. The minimum Gasteiger partial charge on any atom is -0.494 e. The van der Waals surface area contributed by atoms with Gasteiger partial charge >= 0.3 is 0 Å². The maximum atomic E-state index is 12.8. The Bertz CT molecular complexity index is 1010. The highest BCUT2D eigenvalue weighted by Crippen LogP contribution is 2.30. The van der Waals surface area contributed by atoms with Crippen LogP contribution < -0.4 is 20.3 Å². The van der Waals surface area contributed by atoms with Gasteiger partial charge in [-0.05, 0) is 37.3 Å². The number of nitrogens with zero attached hydrogens (tertiary/aromatic N) is 3. The summed E-state index contributed by atoms with van der Waals surface area (Å²) < 4.78 is 5.52. The number of hydrogen-bond acceptors (Lipinski definition) is 6. The zero-order valence-corrected chi connectivity index (χ0v) is 16.5. The predicted octanol–water partition coefficient (Wildman–Crippen LogP) is 2.45. The summed E-state index contributed by atoms with van der Waals surface area (Å²) in [5, 5.41) is 13.3. The lowest BCUT2D eigenvalue weighted by atomic mass is 10.2. The molecule has 1 aromatic carbocycles. The van der Waals surface area contributed by atoms with Gasteiger partial charge in [-0.15, -0.1) is 0 Å². The second-order valence-corrected chi connectivity index (χ2v) is 6.91. The number of ether oxygens (including phenoxy) is 1. The Balaban J connectivity index is 1.53. The molecule has 8 nitrogen and oxygen atoms in total. The molecule has 0 unspecified atom stereocenters. The highest BCUT2D eigenvalue weighted by atomic mass is 16.5. The van der Waals surface area contributed by atoms with E-state index in [-0.39, 0.29) is 5.91 Å². The lowest BCUT2D eigenvalue weighted by Crippen LogP contribution is -2.43. The van der Waals surface area contributed by atoms with Crippen LogP contribution in [-0.4, -0.2) is 54.4 Å². The van der Waals surface area contributed by atoms with Gasteiger partial charge in [0.2, 0.25) is 0 Å². The van der Waals surface area contributed by atoms with Gasteiger partial charge in [0, 0.05) is 37.9 Å². The summed E-state index contributed by atoms with van der Waals surface area (Å²) in [6, 6.07) is 13.0. The summed E-state index contributed by atoms with van der Waals surface area (Å²) in [5.74, 6) is 0.325. The van der Waals surface area contributed by atoms with Crippen LogP contribution in [0.3, 0.4) is 0 Å². The van der Waals surface area contributed by atoms with E-state index < -0.39 is 0 Å². The number of anilines is 2. The molecule has 0 atom stereocenters. The number of benzene rings is 1. The van der Waals surface area contributed by atoms with Crippen LogP contribution in [0.1, 0.15) is 16.2 Å². The van der Waals surface area contributed by atoms with Crippen LogP contribution in [0.5, 0.6) is 5.75 Å². The number of nitrogens with one attached hydrogen (secondary N) is 3. The lowest BCUT2D eigenvalue weighted by Gasteiger charge is -2.30. The molecule has 1 saturated heterocycles. The van der Waals surface area contributed by atoms with Crippen molar-refractivity contribution in [1.82, 2.24) is 20.5 Å². The molecule has 1 aliphatic heterocycles. The molecule has 29 heavy (non-hydrogen) atoms. The van der Waals surface area contributed by atoms with Gasteiger partial charge in [0.05, 0.1) is 29.9 Å². The molecule has 0 spiro atoms. The van der Waals surface area contributed by atoms with Crippen molar-refractivity contribution >= 4 is 17.3 Å². The third kappa shape index (κ3) is 4.22. The molecule has 0 aliphatic carbocycles. The van der Waals surface area contributed by atoms with Gasteiger partial charge in [-0.1, -0.05) is 6.07 Å². The van der Waals surface area contributed by atoms with E-state index in [9.17, 15) is 4.79 Å². The molecule has 8 heteroatoms. The van der Waals surface area contributed by atoms with Crippen molar-refractivity contribution < 1.29 is 9.53 Å². The Morgan fingerprint density at radius 2 is 2.00 bits per heavy atom. The number of H-pyrrole nitrogens is 1. The Morgan fingerprint density at radius 3 is 2.72 bits per heavy atom.